The molecular formula is C25H27N7O2. The summed E-state index contributed by atoms with van der Waals surface area (Å²) in [6, 6.07) is 19.5. The van der Waals surface area contributed by atoms with Crippen LogP contribution >= 0.6 is 0 Å². The Kier molecular flexibility index (Phi) is 7.12. The molecule has 9 heteroatoms. The Morgan fingerprint density at radius 3 is 2.47 bits per heavy atom. The summed E-state index contributed by atoms with van der Waals surface area (Å²) >= 11 is 0. The number of carbonyl (C=O) groups is 1. The number of hydrogen-bond donors (Lipinski definition) is 1. The first-order valence-electron chi connectivity index (χ1n) is 11.1. The molecule has 0 aliphatic heterocycles. The lowest BCUT2D eigenvalue weighted by molar-refractivity contribution is -0.141. The summed E-state index contributed by atoms with van der Waals surface area (Å²) in [5.74, 6) is 2.31. The van der Waals surface area contributed by atoms with Gasteiger partial charge < -0.3 is 15.0 Å². The minimum atomic E-state index is -0.305. The molecule has 0 amide bonds. The Labute approximate surface area is 198 Å². The maximum Gasteiger partial charge on any atom is 0.325 e. The van der Waals surface area contributed by atoms with Gasteiger partial charge in [0.05, 0.1) is 12.3 Å². The Hall–Kier alpha value is -4.27. The lowest BCUT2D eigenvalue weighted by atomic mass is 10.2. The Morgan fingerprint density at radius 1 is 1.03 bits per heavy atom. The predicted molar refractivity (Wildman–Crippen MR) is 130 cm³/mol. The molecule has 0 saturated heterocycles. The van der Waals surface area contributed by atoms with Gasteiger partial charge in [-0.25, -0.2) is 14.6 Å². The fourth-order valence-electron chi connectivity index (χ4n) is 3.55. The van der Waals surface area contributed by atoms with Gasteiger partial charge in [-0.15, -0.1) is 0 Å². The molecule has 0 fully saturated rings. The van der Waals surface area contributed by atoms with Crippen LogP contribution < -0.4 is 10.2 Å². The van der Waals surface area contributed by atoms with Crippen molar-refractivity contribution in [3.63, 3.8) is 0 Å². The number of ether oxygens (including phenoxy) is 1. The van der Waals surface area contributed by atoms with E-state index in [1.807, 2.05) is 73.3 Å². The second-order valence-electron chi connectivity index (χ2n) is 7.68. The highest BCUT2D eigenvalue weighted by atomic mass is 16.5. The maximum atomic E-state index is 12.2. The van der Waals surface area contributed by atoms with Gasteiger partial charge in [-0.2, -0.15) is 10.1 Å². The Bertz CT molecular complexity index is 1240. The van der Waals surface area contributed by atoms with Crippen molar-refractivity contribution < 1.29 is 9.53 Å². The smallest absolute Gasteiger partial charge is 0.325 e. The van der Waals surface area contributed by atoms with E-state index in [4.69, 9.17) is 4.74 Å². The number of hydrogen-bond acceptors (Lipinski definition) is 8. The number of nitrogens with one attached hydrogen (secondary N) is 1. The van der Waals surface area contributed by atoms with Crippen LogP contribution in [0.3, 0.4) is 0 Å². The third kappa shape index (κ3) is 5.74. The largest absolute Gasteiger partial charge is 0.465 e. The summed E-state index contributed by atoms with van der Waals surface area (Å²) in [7, 11) is 0. The maximum absolute atomic E-state index is 12.2. The second kappa shape index (κ2) is 10.6. The SMILES string of the molecule is CCOC(=O)CN(Cc1ccccc1)c1ccnc(Nc2ccc(-n3nc(C)nc3C)cc2)n1. The minimum Gasteiger partial charge on any atom is -0.465 e. The van der Waals surface area contributed by atoms with Crippen molar-refractivity contribution in [2.45, 2.75) is 27.3 Å². The first kappa shape index (κ1) is 22.9. The van der Waals surface area contributed by atoms with Crippen LogP contribution in [0.4, 0.5) is 17.5 Å². The molecule has 2 heterocycles. The third-order valence-electron chi connectivity index (χ3n) is 5.05. The Balaban J connectivity index is 1.52. The number of anilines is 3. The summed E-state index contributed by atoms with van der Waals surface area (Å²) in [4.78, 5) is 27.4. The van der Waals surface area contributed by atoms with E-state index in [2.05, 4.69) is 25.4 Å². The molecule has 34 heavy (non-hydrogen) atoms. The van der Waals surface area contributed by atoms with Crippen LogP contribution in [0.15, 0.2) is 66.9 Å². The molecule has 2 aromatic heterocycles. The van der Waals surface area contributed by atoms with Crippen molar-refractivity contribution in [1.29, 1.82) is 0 Å². The van der Waals surface area contributed by atoms with Crippen LogP contribution in [0.25, 0.3) is 5.69 Å². The summed E-state index contributed by atoms with van der Waals surface area (Å²) in [5.41, 5.74) is 2.81. The molecule has 4 rings (SSSR count). The highest BCUT2D eigenvalue weighted by Crippen LogP contribution is 2.20. The molecule has 0 radical (unpaired) electrons. The topological polar surface area (TPSA) is 98.1 Å². The van der Waals surface area contributed by atoms with Crippen molar-refractivity contribution in [3.8, 4) is 5.69 Å². The molecular weight excluding hydrogens is 430 g/mol. The van der Waals surface area contributed by atoms with Gasteiger partial charge in [0.15, 0.2) is 0 Å². The van der Waals surface area contributed by atoms with Crippen LogP contribution in [-0.4, -0.2) is 43.9 Å². The number of aromatic nitrogens is 5. The lowest BCUT2D eigenvalue weighted by Crippen LogP contribution is -2.31. The molecule has 4 aromatic rings. The van der Waals surface area contributed by atoms with Gasteiger partial charge in [0, 0.05) is 18.4 Å². The highest BCUT2D eigenvalue weighted by Gasteiger charge is 2.15. The first-order chi connectivity index (χ1) is 16.5. The predicted octanol–water partition coefficient (Wildman–Crippen LogP) is 3.99. The summed E-state index contributed by atoms with van der Waals surface area (Å²) in [6.07, 6.45) is 1.67. The van der Waals surface area contributed by atoms with Gasteiger partial charge in [0.25, 0.3) is 0 Å². The first-order valence-corrected chi connectivity index (χ1v) is 11.1. The highest BCUT2D eigenvalue weighted by molar-refractivity contribution is 5.75. The van der Waals surface area contributed by atoms with E-state index in [1.165, 1.54) is 0 Å². The summed E-state index contributed by atoms with van der Waals surface area (Å²) in [5, 5.41) is 7.64. The number of aryl methyl sites for hydroxylation is 2. The molecule has 0 spiro atoms. The van der Waals surface area contributed by atoms with Gasteiger partial charge in [-0.3, -0.25) is 4.79 Å². The molecule has 9 nitrogen and oxygen atoms in total. The number of esters is 1. The van der Waals surface area contributed by atoms with Gasteiger partial charge in [0.1, 0.15) is 24.0 Å². The number of benzene rings is 2. The van der Waals surface area contributed by atoms with Crippen LogP contribution in [-0.2, 0) is 16.1 Å². The Morgan fingerprint density at radius 2 is 1.79 bits per heavy atom. The summed E-state index contributed by atoms with van der Waals surface area (Å²) < 4.78 is 6.96. The van der Waals surface area contributed by atoms with E-state index in [1.54, 1.807) is 23.9 Å². The number of rotatable bonds is 9. The molecule has 1 N–H and O–H groups in total. The second-order valence-corrected chi connectivity index (χ2v) is 7.68. The normalized spacial score (nSPS) is 10.7. The monoisotopic (exact) mass is 457 g/mol. The lowest BCUT2D eigenvalue weighted by Gasteiger charge is -2.23. The molecule has 0 bridgehead atoms. The zero-order valence-corrected chi connectivity index (χ0v) is 19.5. The van der Waals surface area contributed by atoms with E-state index < -0.39 is 0 Å². The van der Waals surface area contributed by atoms with Crippen molar-refractivity contribution in [1.82, 2.24) is 24.7 Å². The fraction of sp³-hybridized carbons (Fsp3) is 0.240. The van der Waals surface area contributed by atoms with Crippen molar-refractivity contribution >= 4 is 23.4 Å². The van der Waals surface area contributed by atoms with Crippen molar-refractivity contribution in [2.75, 3.05) is 23.4 Å². The van der Waals surface area contributed by atoms with Gasteiger partial charge in [0.2, 0.25) is 5.95 Å². The molecule has 0 aliphatic carbocycles. The molecule has 174 valence electrons. The van der Waals surface area contributed by atoms with E-state index in [0.29, 0.717) is 24.9 Å². The fourth-order valence-corrected chi connectivity index (χ4v) is 3.55. The quantitative estimate of drug-likeness (QED) is 0.377. The minimum absolute atomic E-state index is 0.0879. The zero-order valence-electron chi connectivity index (χ0n) is 19.5. The standard InChI is InChI=1S/C25H27N7O2/c1-4-34-24(33)17-31(16-20-8-6-5-7-9-20)23-14-15-26-25(29-23)28-21-10-12-22(13-11-21)32-19(3)27-18(2)30-32/h5-15H,4,16-17H2,1-3H3,(H,26,28,29). The van der Waals surface area contributed by atoms with E-state index in [0.717, 1.165) is 28.6 Å². The summed E-state index contributed by atoms with van der Waals surface area (Å²) in [6.45, 7) is 6.52. The average molecular weight is 458 g/mol. The number of carbonyl (C=O) groups excluding carboxylic acids is 1. The van der Waals surface area contributed by atoms with Crippen LogP contribution in [0, 0.1) is 13.8 Å². The van der Waals surface area contributed by atoms with E-state index in [-0.39, 0.29) is 12.5 Å². The molecule has 0 saturated carbocycles. The van der Waals surface area contributed by atoms with Crippen LogP contribution in [0.2, 0.25) is 0 Å². The number of nitrogens with zero attached hydrogens (tertiary/aromatic N) is 6. The zero-order chi connectivity index (χ0) is 23.9. The average Bonchev–Trinajstić information content (AvgIpc) is 3.18. The van der Waals surface area contributed by atoms with Crippen molar-refractivity contribution in [3.05, 3.63) is 84.1 Å². The van der Waals surface area contributed by atoms with Gasteiger partial charge >= 0.3 is 5.97 Å². The van der Waals surface area contributed by atoms with Crippen LogP contribution in [0.1, 0.15) is 24.1 Å². The van der Waals surface area contributed by atoms with Crippen LogP contribution in [0.5, 0.6) is 0 Å². The van der Waals surface area contributed by atoms with E-state index in [9.17, 15) is 4.79 Å². The molecule has 0 aliphatic rings. The molecule has 0 atom stereocenters. The molecule has 0 unspecified atom stereocenters. The van der Waals surface area contributed by atoms with Gasteiger partial charge in [-0.1, -0.05) is 30.3 Å². The van der Waals surface area contributed by atoms with Crippen molar-refractivity contribution in [2.24, 2.45) is 0 Å². The molecule has 2 aromatic carbocycles. The third-order valence-corrected chi connectivity index (χ3v) is 5.05. The van der Waals surface area contributed by atoms with E-state index >= 15 is 0 Å². The van der Waals surface area contributed by atoms with Gasteiger partial charge in [-0.05, 0) is 56.7 Å².